The lowest BCUT2D eigenvalue weighted by molar-refractivity contribution is 0.710. The Kier molecular flexibility index (Phi) is 5.12. The number of hydrogen-bond acceptors (Lipinski definition) is 4. The van der Waals surface area contributed by atoms with Gasteiger partial charge in [0.05, 0.1) is 0 Å². The van der Waals surface area contributed by atoms with Crippen molar-refractivity contribution in [3.05, 3.63) is 32.7 Å². The molecule has 0 saturated carbocycles. The summed E-state index contributed by atoms with van der Waals surface area (Å²) in [5, 5.41) is 14.4. The molecule has 0 aliphatic heterocycles. The summed E-state index contributed by atoms with van der Waals surface area (Å²) in [6.45, 7) is 4.01. The van der Waals surface area contributed by atoms with Gasteiger partial charge in [-0.1, -0.05) is 45.8 Å². The summed E-state index contributed by atoms with van der Waals surface area (Å²) in [6.07, 6.45) is 0.913. The van der Waals surface area contributed by atoms with Gasteiger partial charge >= 0.3 is 0 Å². The fraction of sp³-hybridized carbons (Fsp3) is 0.333. The van der Waals surface area contributed by atoms with Crippen LogP contribution in [0.25, 0.3) is 10.6 Å². The van der Waals surface area contributed by atoms with Gasteiger partial charge < -0.3 is 5.32 Å². The second kappa shape index (κ2) is 6.61. The fourth-order valence-corrected chi connectivity index (χ4v) is 3.38. The lowest BCUT2D eigenvalue weighted by Gasteiger charge is -1.99. The fourth-order valence-electron chi connectivity index (χ4n) is 1.50. The molecule has 0 fully saturated rings. The van der Waals surface area contributed by atoms with Crippen LogP contribution in [-0.4, -0.2) is 23.3 Å². The highest BCUT2D eigenvalue weighted by molar-refractivity contribution is 9.10. The van der Waals surface area contributed by atoms with Gasteiger partial charge in [0, 0.05) is 28.0 Å². The van der Waals surface area contributed by atoms with Gasteiger partial charge in [-0.3, -0.25) is 0 Å². The highest BCUT2D eigenvalue weighted by Gasteiger charge is 2.10. The average molecular weight is 347 g/mol. The number of nitrogens with zero attached hydrogens (tertiary/aromatic N) is 2. The van der Waals surface area contributed by atoms with Crippen LogP contribution in [0.1, 0.15) is 11.9 Å². The maximum atomic E-state index is 5.92. The number of benzene rings is 1. The molecule has 1 heterocycles. The van der Waals surface area contributed by atoms with E-state index in [2.05, 4.69) is 38.4 Å². The average Bonchev–Trinajstić information content (AvgIpc) is 2.78. The molecule has 1 N–H and O–H groups in total. The largest absolute Gasteiger partial charge is 0.317 e. The molecular formula is C12H13BrClN3S. The molecule has 0 aliphatic carbocycles. The molecule has 6 heteroatoms. The molecule has 3 nitrogen and oxygen atoms in total. The molecule has 0 bridgehead atoms. The van der Waals surface area contributed by atoms with Crippen LogP contribution in [0.2, 0.25) is 5.02 Å². The van der Waals surface area contributed by atoms with Gasteiger partial charge in [-0.25, -0.2) is 0 Å². The van der Waals surface area contributed by atoms with Crippen molar-refractivity contribution in [2.24, 2.45) is 0 Å². The van der Waals surface area contributed by atoms with Crippen LogP contribution < -0.4 is 5.32 Å². The molecule has 0 radical (unpaired) electrons. The van der Waals surface area contributed by atoms with Crippen LogP contribution in [-0.2, 0) is 6.42 Å². The van der Waals surface area contributed by atoms with Gasteiger partial charge in [-0.15, -0.1) is 10.2 Å². The molecule has 0 amide bonds. The minimum Gasteiger partial charge on any atom is -0.317 e. The van der Waals surface area contributed by atoms with E-state index in [4.69, 9.17) is 11.6 Å². The van der Waals surface area contributed by atoms with Gasteiger partial charge in [0.15, 0.2) is 0 Å². The number of aromatic nitrogens is 2. The Morgan fingerprint density at radius 1 is 1.39 bits per heavy atom. The molecule has 0 unspecified atom stereocenters. The number of likely N-dealkylation sites (N-methyl/N-ethyl adjacent to an activating group) is 1. The van der Waals surface area contributed by atoms with Crippen molar-refractivity contribution in [3.63, 3.8) is 0 Å². The first-order valence-electron chi connectivity index (χ1n) is 5.69. The van der Waals surface area contributed by atoms with Gasteiger partial charge in [0.25, 0.3) is 0 Å². The maximum absolute atomic E-state index is 5.92. The topological polar surface area (TPSA) is 37.8 Å². The van der Waals surface area contributed by atoms with E-state index in [9.17, 15) is 0 Å². The highest BCUT2D eigenvalue weighted by Crippen LogP contribution is 2.32. The SMILES string of the molecule is CCNCCc1nnc(-c2ccc(Cl)cc2Br)s1. The Bertz CT molecular complexity index is 530. The van der Waals surface area contributed by atoms with Crippen LogP contribution in [0.5, 0.6) is 0 Å². The third kappa shape index (κ3) is 3.51. The van der Waals surface area contributed by atoms with E-state index in [-0.39, 0.29) is 0 Å². The van der Waals surface area contributed by atoms with Gasteiger partial charge in [-0.05, 0) is 24.7 Å². The van der Waals surface area contributed by atoms with Crippen molar-refractivity contribution in [1.29, 1.82) is 0 Å². The molecule has 0 spiro atoms. The molecule has 18 heavy (non-hydrogen) atoms. The standard InChI is InChI=1S/C12H13BrClN3S/c1-2-15-6-5-11-16-17-12(18-11)9-4-3-8(14)7-10(9)13/h3-4,7,15H,2,5-6H2,1H3. The zero-order valence-corrected chi connectivity index (χ0v) is 13.1. The summed E-state index contributed by atoms with van der Waals surface area (Å²) >= 11 is 11.0. The van der Waals surface area contributed by atoms with Crippen molar-refractivity contribution in [1.82, 2.24) is 15.5 Å². The Morgan fingerprint density at radius 3 is 2.94 bits per heavy atom. The minimum atomic E-state index is 0.711. The Morgan fingerprint density at radius 2 is 2.22 bits per heavy atom. The Balaban J connectivity index is 2.13. The number of halogens is 2. The Hall–Kier alpha value is -0.490. The molecule has 96 valence electrons. The first-order valence-corrected chi connectivity index (χ1v) is 7.68. The zero-order valence-electron chi connectivity index (χ0n) is 9.91. The first kappa shape index (κ1) is 13.9. The summed E-state index contributed by atoms with van der Waals surface area (Å²) in [5.41, 5.74) is 1.03. The monoisotopic (exact) mass is 345 g/mol. The smallest absolute Gasteiger partial charge is 0.148 e. The summed E-state index contributed by atoms with van der Waals surface area (Å²) < 4.78 is 0.949. The minimum absolute atomic E-state index is 0.711. The predicted molar refractivity (Wildman–Crippen MR) is 80.3 cm³/mol. The summed E-state index contributed by atoms with van der Waals surface area (Å²) in [5.74, 6) is 0. The summed E-state index contributed by atoms with van der Waals surface area (Å²) in [7, 11) is 0. The van der Waals surface area contributed by atoms with Crippen LogP contribution in [0.3, 0.4) is 0 Å². The third-order valence-electron chi connectivity index (χ3n) is 2.39. The molecule has 1 aromatic heterocycles. The quantitative estimate of drug-likeness (QED) is 0.837. The number of rotatable bonds is 5. The molecule has 0 aliphatic rings. The maximum Gasteiger partial charge on any atom is 0.148 e. The zero-order chi connectivity index (χ0) is 13.0. The van der Waals surface area contributed by atoms with Crippen LogP contribution >= 0.6 is 38.9 Å². The molecular weight excluding hydrogens is 334 g/mol. The third-order valence-corrected chi connectivity index (χ3v) is 4.30. The molecule has 0 atom stereocenters. The summed E-state index contributed by atoms with van der Waals surface area (Å²) in [4.78, 5) is 0. The van der Waals surface area contributed by atoms with Crippen molar-refractivity contribution in [3.8, 4) is 10.6 Å². The lowest BCUT2D eigenvalue weighted by atomic mass is 10.2. The summed E-state index contributed by atoms with van der Waals surface area (Å²) in [6, 6.07) is 5.69. The highest BCUT2D eigenvalue weighted by atomic mass is 79.9. The number of hydrogen-bond donors (Lipinski definition) is 1. The van der Waals surface area contributed by atoms with E-state index < -0.39 is 0 Å². The lowest BCUT2D eigenvalue weighted by Crippen LogP contribution is -2.15. The molecule has 0 saturated heterocycles. The molecule has 1 aromatic carbocycles. The van der Waals surface area contributed by atoms with Crippen LogP contribution in [0.15, 0.2) is 22.7 Å². The second-order valence-corrected chi connectivity index (χ2v) is 6.08. The second-order valence-electron chi connectivity index (χ2n) is 3.73. The van der Waals surface area contributed by atoms with Crippen molar-refractivity contribution in [2.45, 2.75) is 13.3 Å². The molecule has 2 aromatic rings. The van der Waals surface area contributed by atoms with E-state index in [0.29, 0.717) is 5.02 Å². The normalized spacial score (nSPS) is 10.8. The van der Waals surface area contributed by atoms with E-state index >= 15 is 0 Å². The van der Waals surface area contributed by atoms with Crippen molar-refractivity contribution >= 4 is 38.9 Å². The predicted octanol–water partition coefficient (Wildman–Crippen LogP) is 3.77. The van der Waals surface area contributed by atoms with Crippen molar-refractivity contribution < 1.29 is 0 Å². The van der Waals surface area contributed by atoms with Crippen molar-refractivity contribution in [2.75, 3.05) is 13.1 Å². The van der Waals surface area contributed by atoms with E-state index in [0.717, 1.165) is 39.6 Å². The van der Waals surface area contributed by atoms with Gasteiger partial charge in [0.1, 0.15) is 10.0 Å². The Labute approximate surface area is 124 Å². The number of nitrogens with one attached hydrogen (secondary N) is 1. The van der Waals surface area contributed by atoms with Crippen LogP contribution in [0.4, 0.5) is 0 Å². The van der Waals surface area contributed by atoms with Crippen LogP contribution in [0, 0.1) is 0 Å². The first-order chi connectivity index (χ1) is 8.70. The van der Waals surface area contributed by atoms with E-state index in [1.54, 1.807) is 11.3 Å². The van der Waals surface area contributed by atoms with E-state index in [1.807, 2.05) is 18.2 Å². The van der Waals surface area contributed by atoms with E-state index in [1.165, 1.54) is 0 Å². The molecule has 2 rings (SSSR count). The van der Waals surface area contributed by atoms with Gasteiger partial charge in [0.2, 0.25) is 0 Å². The van der Waals surface area contributed by atoms with Gasteiger partial charge in [-0.2, -0.15) is 0 Å².